The second-order valence-electron chi connectivity index (χ2n) is 7.94. The van der Waals surface area contributed by atoms with Gasteiger partial charge in [0.05, 0.1) is 16.6 Å². The summed E-state index contributed by atoms with van der Waals surface area (Å²) < 4.78 is 5.98. The number of carbonyl (C=O) groups excluding carboxylic acids is 1. The summed E-state index contributed by atoms with van der Waals surface area (Å²) in [6.45, 7) is 0.495. The number of anilines is 3. The Morgan fingerprint density at radius 3 is 2.38 bits per heavy atom. The molecular weight excluding hydrogens is 527 g/mol. The van der Waals surface area contributed by atoms with Crippen LogP contribution in [0.3, 0.4) is 0 Å². The van der Waals surface area contributed by atoms with E-state index in [2.05, 4.69) is 15.5 Å². The third-order valence-corrected chi connectivity index (χ3v) is 7.14. The maximum atomic E-state index is 10.6. The Morgan fingerprint density at radius 1 is 0.838 bits per heavy atom. The van der Waals surface area contributed by atoms with Crippen molar-refractivity contribution in [2.75, 3.05) is 10.2 Å². The van der Waals surface area contributed by atoms with Gasteiger partial charge in [0.2, 0.25) is 5.13 Å². The highest BCUT2D eigenvalue weighted by molar-refractivity contribution is 7.18. The lowest BCUT2D eigenvalue weighted by molar-refractivity contribution is 0.483. The number of halogens is 2. The van der Waals surface area contributed by atoms with Crippen molar-refractivity contribution in [1.29, 1.82) is 0 Å². The van der Waals surface area contributed by atoms with Gasteiger partial charge in [-0.1, -0.05) is 77.0 Å². The van der Waals surface area contributed by atoms with Crippen molar-refractivity contribution in [3.05, 3.63) is 113 Å². The van der Waals surface area contributed by atoms with Crippen molar-refractivity contribution in [2.24, 2.45) is 0 Å². The molecule has 9 heteroatoms. The van der Waals surface area contributed by atoms with E-state index in [1.165, 1.54) is 11.3 Å². The van der Waals surface area contributed by atoms with Crippen LogP contribution in [0.1, 0.15) is 5.56 Å². The van der Waals surface area contributed by atoms with Crippen molar-refractivity contribution in [3.8, 4) is 22.1 Å². The summed E-state index contributed by atoms with van der Waals surface area (Å²) in [5.74, 6) is 1.47. The van der Waals surface area contributed by atoms with Crippen LogP contribution in [0, 0.1) is 0 Å². The Labute approximate surface area is 228 Å². The average Bonchev–Trinajstić information content (AvgIpc) is 3.41. The molecule has 0 aliphatic rings. The van der Waals surface area contributed by atoms with Crippen molar-refractivity contribution >= 4 is 57.5 Å². The van der Waals surface area contributed by atoms with E-state index >= 15 is 0 Å². The smallest absolute Gasteiger partial charge is 0.314 e. The molecular formula is C28H19Cl2N4O2S. The van der Waals surface area contributed by atoms with Crippen molar-refractivity contribution in [2.45, 2.75) is 6.54 Å². The van der Waals surface area contributed by atoms with E-state index in [4.69, 9.17) is 27.9 Å². The lowest BCUT2D eigenvalue weighted by Crippen LogP contribution is -2.16. The third-order valence-electron chi connectivity index (χ3n) is 5.41. The van der Waals surface area contributed by atoms with Gasteiger partial charge in [-0.3, -0.25) is 4.79 Å². The van der Waals surface area contributed by atoms with Crippen LogP contribution in [-0.4, -0.2) is 16.6 Å². The number of benzene rings is 4. The zero-order valence-corrected chi connectivity index (χ0v) is 21.6. The van der Waals surface area contributed by atoms with Gasteiger partial charge in [-0.15, -0.1) is 10.2 Å². The maximum Gasteiger partial charge on any atom is 0.314 e. The van der Waals surface area contributed by atoms with Crippen LogP contribution in [0.4, 0.5) is 16.5 Å². The molecule has 1 heterocycles. The van der Waals surface area contributed by atoms with E-state index < -0.39 is 0 Å². The molecule has 0 bridgehead atoms. The quantitative estimate of drug-likeness (QED) is 0.189. The van der Waals surface area contributed by atoms with E-state index in [0.29, 0.717) is 33.2 Å². The van der Waals surface area contributed by atoms with E-state index in [-0.39, 0.29) is 0 Å². The molecule has 183 valence electrons. The van der Waals surface area contributed by atoms with Crippen LogP contribution in [0.25, 0.3) is 10.6 Å². The summed E-state index contributed by atoms with van der Waals surface area (Å²) in [7, 11) is 0. The number of amides is 1. The van der Waals surface area contributed by atoms with Crippen molar-refractivity contribution in [3.63, 3.8) is 0 Å². The number of hydrogen-bond acceptors (Lipinski definition) is 6. The van der Waals surface area contributed by atoms with Gasteiger partial charge in [0.1, 0.15) is 16.5 Å². The zero-order chi connectivity index (χ0) is 25.6. The van der Waals surface area contributed by atoms with E-state index in [0.717, 1.165) is 27.6 Å². The highest BCUT2D eigenvalue weighted by Gasteiger charge is 2.18. The minimum absolute atomic E-state index is 0.445. The highest BCUT2D eigenvalue weighted by Crippen LogP contribution is 2.37. The van der Waals surface area contributed by atoms with E-state index in [9.17, 15) is 4.79 Å². The molecule has 0 saturated heterocycles. The minimum atomic E-state index is 0.445. The predicted molar refractivity (Wildman–Crippen MR) is 150 cm³/mol. The number of nitrogens with zero attached hydrogens (tertiary/aromatic N) is 3. The van der Waals surface area contributed by atoms with Gasteiger partial charge in [0.15, 0.2) is 0 Å². The normalized spacial score (nSPS) is 10.6. The molecule has 1 amide bonds. The van der Waals surface area contributed by atoms with Gasteiger partial charge in [-0.05, 0) is 60.2 Å². The van der Waals surface area contributed by atoms with Gasteiger partial charge >= 0.3 is 6.41 Å². The van der Waals surface area contributed by atoms with Gasteiger partial charge in [-0.25, -0.2) is 0 Å². The van der Waals surface area contributed by atoms with Crippen LogP contribution in [-0.2, 0) is 11.3 Å². The Morgan fingerprint density at radius 2 is 1.62 bits per heavy atom. The van der Waals surface area contributed by atoms with Crippen LogP contribution >= 0.6 is 34.5 Å². The first-order valence-corrected chi connectivity index (χ1v) is 12.8. The average molecular weight is 546 g/mol. The Balaban J connectivity index is 1.45. The molecule has 0 atom stereocenters. The molecule has 1 aromatic heterocycles. The maximum absolute atomic E-state index is 10.6. The van der Waals surface area contributed by atoms with E-state index in [1.807, 2.05) is 89.8 Å². The first-order valence-electron chi connectivity index (χ1n) is 11.2. The summed E-state index contributed by atoms with van der Waals surface area (Å²) in [6, 6.07) is 30.3. The summed E-state index contributed by atoms with van der Waals surface area (Å²) in [4.78, 5) is 12.6. The van der Waals surface area contributed by atoms with Gasteiger partial charge in [0, 0.05) is 16.9 Å². The summed E-state index contributed by atoms with van der Waals surface area (Å²) in [6.07, 6.45) is 1.68. The predicted octanol–water partition coefficient (Wildman–Crippen LogP) is 8.12. The SMILES string of the molecule is O=[C]Nc1ccc(CN(c2ccc(Cl)c(Cl)c2)c2nnc(-c3cccc(Oc4ccccc4)c3)s2)cc1. The number of ether oxygens (including phenoxy) is 1. The largest absolute Gasteiger partial charge is 0.457 e. The summed E-state index contributed by atoms with van der Waals surface area (Å²) in [5.41, 5.74) is 3.38. The zero-order valence-electron chi connectivity index (χ0n) is 19.3. The fourth-order valence-corrected chi connectivity index (χ4v) is 4.77. The lowest BCUT2D eigenvalue weighted by Gasteiger charge is -2.22. The molecule has 1 N–H and O–H groups in total. The van der Waals surface area contributed by atoms with Crippen LogP contribution in [0.2, 0.25) is 10.0 Å². The number of aromatic nitrogens is 2. The fourth-order valence-electron chi connectivity index (χ4n) is 3.62. The van der Waals surface area contributed by atoms with E-state index in [1.54, 1.807) is 18.5 Å². The first kappa shape index (κ1) is 24.8. The number of hydrogen-bond donors (Lipinski definition) is 1. The molecule has 6 nitrogen and oxygen atoms in total. The Kier molecular flexibility index (Phi) is 7.65. The molecule has 5 aromatic rings. The second kappa shape index (κ2) is 11.4. The molecule has 1 radical (unpaired) electrons. The molecule has 0 unspecified atom stereocenters. The monoisotopic (exact) mass is 545 g/mol. The standard InChI is InChI=1S/C28H19Cl2N4O2S/c29-25-14-13-22(16-26(25)30)34(17-19-9-11-21(12-10-19)31-18-35)28-33-32-27(37-28)20-5-4-8-24(15-20)36-23-6-2-1-3-7-23/h1-16H,17H2,(H,31,35). The van der Waals surface area contributed by atoms with Crippen LogP contribution in [0.15, 0.2) is 97.1 Å². The molecule has 0 fully saturated rings. The molecule has 0 spiro atoms. The second-order valence-corrected chi connectivity index (χ2v) is 9.71. The first-order chi connectivity index (χ1) is 18.1. The lowest BCUT2D eigenvalue weighted by atomic mass is 10.2. The summed E-state index contributed by atoms with van der Waals surface area (Å²) in [5, 5.41) is 13.8. The summed E-state index contributed by atoms with van der Waals surface area (Å²) >= 11 is 14.0. The fraction of sp³-hybridized carbons (Fsp3) is 0.0357. The topological polar surface area (TPSA) is 67.4 Å². The number of nitrogens with one attached hydrogen (secondary N) is 1. The molecule has 0 aliphatic heterocycles. The number of rotatable bonds is 9. The molecule has 4 aromatic carbocycles. The van der Waals surface area contributed by atoms with Crippen molar-refractivity contribution < 1.29 is 9.53 Å². The van der Waals surface area contributed by atoms with Gasteiger partial charge in [0.25, 0.3) is 0 Å². The van der Waals surface area contributed by atoms with Crippen molar-refractivity contribution in [1.82, 2.24) is 10.2 Å². The molecule has 0 aliphatic carbocycles. The van der Waals surface area contributed by atoms with Crippen LogP contribution in [0.5, 0.6) is 11.5 Å². The minimum Gasteiger partial charge on any atom is -0.457 e. The Hall–Kier alpha value is -3.91. The molecule has 0 saturated carbocycles. The third kappa shape index (κ3) is 6.09. The highest BCUT2D eigenvalue weighted by atomic mass is 35.5. The van der Waals surface area contributed by atoms with Gasteiger partial charge in [-0.2, -0.15) is 0 Å². The molecule has 5 rings (SSSR count). The Bertz CT molecular complexity index is 1510. The van der Waals surface area contributed by atoms with Gasteiger partial charge < -0.3 is 15.0 Å². The molecule has 37 heavy (non-hydrogen) atoms. The van der Waals surface area contributed by atoms with Crippen LogP contribution < -0.4 is 15.0 Å². The number of para-hydroxylation sites is 1.